The van der Waals surface area contributed by atoms with E-state index in [1.54, 1.807) is 0 Å². The Labute approximate surface area is 108 Å². The van der Waals surface area contributed by atoms with Gasteiger partial charge in [0.15, 0.2) is 5.82 Å². The average Bonchev–Trinajstić information content (AvgIpc) is 2.77. The zero-order valence-electron chi connectivity index (χ0n) is 9.91. The fraction of sp³-hybridized carbons (Fsp3) is 0.300. The number of aromatic nitrogens is 5. The molecular formula is C10H12N6OS. The molecule has 0 saturated carbocycles. The number of nitrogens with zero attached hydrogens (tertiary/aromatic N) is 4. The van der Waals surface area contributed by atoms with E-state index < -0.39 is 0 Å². The van der Waals surface area contributed by atoms with Gasteiger partial charge in [-0.15, -0.1) is 5.10 Å². The number of thiocarbonyl (C=S) groups is 1. The van der Waals surface area contributed by atoms with Gasteiger partial charge in [-0.1, -0.05) is 26.1 Å². The summed E-state index contributed by atoms with van der Waals surface area (Å²) in [7, 11) is 0. The summed E-state index contributed by atoms with van der Waals surface area (Å²) in [6.07, 6.45) is 1.42. The van der Waals surface area contributed by atoms with E-state index in [-0.39, 0.29) is 22.3 Å². The van der Waals surface area contributed by atoms with Gasteiger partial charge < -0.3 is 10.7 Å². The van der Waals surface area contributed by atoms with Gasteiger partial charge in [0.1, 0.15) is 17.1 Å². The SMILES string of the molecule is CC(C)c1nc(-n2cnc(C(N)=S)n2)cc(=O)[nH]1. The minimum Gasteiger partial charge on any atom is -0.387 e. The molecule has 0 aliphatic rings. The summed E-state index contributed by atoms with van der Waals surface area (Å²) in [4.78, 5) is 22.5. The van der Waals surface area contributed by atoms with Crippen LogP contribution in [0.1, 0.15) is 31.4 Å². The highest BCUT2D eigenvalue weighted by atomic mass is 32.1. The van der Waals surface area contributed by atoms with Crippen LogP contribution in [0.4, 0.5) is 0 Å². The van der Waals surface area contributed by atoms with Gasteiger partial charge in [0.05, 0.1) is 0 Å². The third kappa shape index (κ3) is 2.43. The van der Waals surface area contributed by atoms with Crippen LogP contribution in [-0.2, 0) is 0 Å². The summed E-state index contributed by atoms with van der Waals surface area (Å²) >= 11 is 4.77. The van der Waals surface area contributed by atoms with E-state index in [4.69, 9.17) is 18.0 Å². The van der Waals surface area contributed by atoms with Crippen molar-refractivity contribution in [2.75, 3.05) is 0 Å². The van der Waals surface area contributed by atoms with Gasteiger partial charge in [-0.25, -0.2) is 14.6 Å². The summed E-state index contributed by atoms with van der Waals surface area (Å²) in [5, 5.41) is 4.05. The van der Waals surface area contributed by atoms with Crippen molar-refractivity contribution in [1.82, 2.24) is 24.7 Å². The van der Waals surface area contributed by atoms with E-state index >= 15 is 0 Å². The molecule has 94 valence electrons. The number of rotatable bonds is 3. The van der Waals surface area contributed by atoms with E-state index in [1.807, 2.05) is 13.8 Å². The third-order valence-corrected chi connectivity index (χ3v) is 2.42. The van der Waals surface area contributed by atoms with Gasteiger partial charge in [-0.05, 0) is 0 Å². The van der Waals surface area contributed by atoms with Crippen LogP contribution in [0.5, 0.6) is 0 Å². The summed E-state index contributed by atoms with van der Waals surface area (Å²) < 4.78 is 1.37. The van der Waals surface area contributed by atoms with Crippen LogP contribution in [0.15, 0.2) is 17.2 Å². The molecular weight excluding hydrogens is 252 g/mol. The van der Waals surface area contributed by atoms with Crippen LogP contribution >= 0.6 is 12.2 Å². The van der Waals surface area contributed by atoms with Crippen molar-refractivity contribution in [3.63, 3.8) is 0 Å². The quantitative estimate of drug-likeness (QED) is 0.763. The Hall–Kier alpha value is -2.09. The predicted octanol–water partition coefficient (Wildman–Crippen LogP) is 0.108. The lowest BCUT2D eigenvalue weighted by atomic mass is 10.2. The van der Waals surface area contributed by atoms with Crippen LogP contribution < -0.4 is 11.3 Å². The predicted molar refractivity (Wildman–Crippen MR) is 69.8 cm³/mol. The zero-order valence-corrected chi connectivity index (χ0v) is 10.7. The van der Waals surface area contributed by atoms with Gasteiger partial charge in [-0.3, -0.25) is 4.79 Å². The highest BCUT2D eigenvalue weighted by Gasteiger charge is 2.09. The van der Waals surface area contributed by atoms with Gasteiger partial charge in [-0.2, -0.15) is 0 Å². The molecule has 0 spiro atoms. The second kappa shape index (κ2) is 4.65. The van der Waals surface area contributed by atoms with E-state index in [1.165, 1.54) is 17.1 Å². The first-order valence-electron chi connectivity index (χ1n) is 5.30. The molecule has 0 atom stereocenters. The first kappa shape index (κ1) is 12.4. The monoisotopic (exact) mass is 264 g/mol. The lowest BCUT2D eigenvalue weighted by Crippen LogP contribution is -2.16. The molecule has 0 saturated heterocycles. The topological polar surface area (TPSA) is 102 Å². The molecule has 7 nitrogen and oxygen atoms in total. The zero-order chi connectivity index (χ0) is 13.3. The van der Waals surface area contributed by atoms with Crippen molar-refractivity contribution in [3.8, 4) is 5.82 Å². The molecule has 0 radical (unpaired) electrons. The third-order valence-electron chi connectivity index (χ3n) is 2.24. The highest BCUT2D eigenvalue weighted by molar-refractivity contribution is 7.80. The van der Waals surface area contributed by atoms with Crippen LogP contribution in [0.2, 0.25) is 0 Å². The number of nitrogens with two attached hydrogens (primary N) is 1. The van der Waals surface area contributed by atoms with Crippen LogP contribution in [0.3, 0.4) is 0 Å². The lowest BCUT2D eigenvalue weighted by Gasteiger charge is -2.05. The Kier molecular flexibility index (Phi) is 3.19. The summed E-state index contributed by atoms with van der Waals surface area (Å²) in [6, 6.07) is 1.34. The Bertz CT molecular complexity index is 644. The second-order valence-electron chi connectivity index (χ2n) is 4.02. The first-order chi connectivity index (χ1) is 8.47. The van der Waals surface area contributed by atoms with Crippen molar-refractivity contribution in [2.45, 2.75) is 19.8 Å². The molecule has 8 heteroatoms. The molecule has 0 unspecified atom stereocenters. The van der Waals surface area contributed by atoms with E-state index in [0.29, 0.717) is 11.6 Å². The Balaban J connectivity index is 2.49. The fourth-order valence-electron chi connectivity index (χ4n) is 1.34. The van der Waals surface area contributed by atoms with Crippen LogP contribution in [-0.4, -0.2) is 29.7 Å². The summed E-state index contributed by atoms with van der Waals surface area (Å²) in [5.74, 6) is 1.33. The van der Waals surface area contributed by atoms with Gasteiger partial charge >= 0.3 is 0 Å². The highest BCUT2D eigenvalue weighted by Crippen LogP contribution is 2.08. The Morgan fingerprint density at radius 1 is 1.56 bits per heavy atom. The largest absolute Gasteiger partial charge is 0.387 e. The number of hydrogen-bond acceptors (Lipinski definition) is 5. The maximum Gasteiger partial charge on any atom is 0.253 e. The molecule has 2 rings (SSSR count). The normalized spacial score (nSPS) is 10.8. The standard InChI is InChI=1S/C10H12N6OS/c1-5(2)9-13-6(3-7(17)14-9)16-4-12-10(15-16)8(11)18/h3-5H,1-2H3,(H2,11,18)(H,13,14,17). The number of aromatic amines is 1. The Morgan fingerprint density at radius 3 is 2.83 bits per heavy atom. The Morgan fingerprint density at radius 2 is 2.28 bits per heavy atom. The number of H-pyrrole nitrogens is 1. The first-order valence-corrected chi connectivity index (χ1v) is 5.71. The molecule has 0 aliphatic carbocycles. The summed E-state index contributed by atoms with van der Waals surface area (Å²) in [5.41, 5.74) is 5.18. The van der Waals surface area contributed by atoms with E-state index in [0.717, 1.165) is 0 Å². The van der Waals surface area contributed by atoms with Gasteiger partial charge in [0.2, 0.25) is 5.82 Å². The number of hydrogen-bond donors (Lipinski definition) is 2. The van der Waals surface area contributed by atoms with Crippen molar-refractivity contribution < 1.29 is 0 Å². The minimum absolute atomic E-state index is 0.0997. The summed E-state index contributed by atoms with van der Waals surface area (Å²) in [6.45, 7) is 3.87. The van der Waals surface area contributed by atoms with Crippen molar-refractivity contribution in [1.29, 1.82) is 0 Å². The van der Waals surface area contributed by atoms with Crippen molar-refractivity contribution >= 4 is 17.2 Å². The van der Waals surface area contributed by atoms with Crippen molar-refractivity contribution in [3.05, 3.63) is 34.4 Å². The molecule has 2 heterocycles. The number of nitrogens with one attached hydrogen (secondary N) is 1. The molecule has 0 aromatic carbocycles. The van der Waals surface area contributed by atoms with Crippen molar-refractivity contribution in [2.24, 2.45) is 5.73 Å². The molecule has 3 N–H and O–H groups in total. The van der Waals surface area contributed by atoms with Gasteiger partial charge in [0, 0.05) is 12.0 Å². The molecule has 0 fully saturated rings. The smallest absolute Gasteiger partial charge is 0.253 e. The van der Waals surface area contributed by atoms with E-state index in [2.05, 4.69) is 20.1 Å². The molecule has 18 heavy (non-hydrogen) atoms. The van der Waals surface area contributed by atoms with E-state index in [9.17, 15) is 4.79 Å². The van der Waals surface area contributed by atoms with Crippen LogP contribution in [0.25, 0.3) is 5.82 Å². The minimum atomic E-state index is -0.240. The molecule has 0 aliphatic heterocycles. The molecule has 2 aromatic rings. The molecule has 2 aromatic heterocycles. The van der Waals surface area contributed by atoms with Crippen LogP contribution in [0, 0.1) is 0 Å². The molecule has 0 bridgehead atoms. The lowest BCUT2D eigenvalue weighted by molar-refractivity contribution is 0.737. The fourth-order valence-corrected chi connectivity index (χ4v) is 1.43. The maximum absolute atomic E-state index is 11.5. The molecule has 0 amide bonds. The van der Waals surface area contributed by atoms with Gasteiger partial charge in [0.25, 0.3) is 5.56 Å². The average molecular weight is 264 g/mol. The maximum atomic E-state index is 11.5. The second-order valence-corrected chi connectivity index (χ2v) is 4.46.